The van der Waals surface area contributed by atoms with E-state index in [9.17, 15) is 0 Å². The molecule has 55 heavy (non-hydrogen) atoms. The fourth-order valence-corrected chi connectivity index (χ4v) is 7.97. The average molecular weight is 737 g/mol. The van der Waals surface area contributed by atoms with Crippen LogP contribution < -0.4 is 9.47 Å². The van der Waals surface area contributed by atoms with Crippen molar-refractivity contribution in [3.8, 4) is 35.2 Å². The summed E-state index contributed by atoms with van der Waals surface area (Å²) in [6, 6.07) is 25.4. The smallest absolute Gasteiger partial charge is 0.137 e. The maximum atomic E-state index is 5.64. The summed E-state index contributed by atoms with van der Waals surface area (Å²) in [5, 5.41) is 0. The topological polar surface area (TPSA) is 44.2 Å². The Kier molecular flexibility index (Phi) is 17.7. The summed E-state index contributed by atoms with van der Waals surface area (Å²) in [5.74, 6) is 17.8. The summed E-state index contributed by atoms with van der Waals surface area (Å²) in [6.45, 7) is 10.3. The number of unbranched alkanes of at least 4 members (excludes halogenated alkanes) is 1. The summed E-state index contributed by atoms with van der Waals surface area (Å²) in [6.07, 6.45) is 23.1. The molecule has 6 rings (SSSR count). The molecule has 2 heterocycles. The molecule has 4 aromatic rings. The van der Waals surface area contributed by atoms with Gasteiger partial charge in [0.25, 0.3) is 0 Å². The largest absolute Gasteiger partial charge is 0.492 e. The molecule has 290 valence electrons. The Bertz CT molecular complexity index is 1770. The van der Waals surface area contributed by atoms with Gasteiger partial charge in [-0.05, 0) is 159 Å². The lowest BCUT2D eigenvalue weighted by Crippen LogP contribution is -2.13. The van der Waals surface area contributed by atoms with Crippen molar-refractivity contribution >= 4 is 0 Å². The molecule has 0 bridgehead atoms. The second kappa shape index (κ2) is 23.4. The van der Waals surface area contributed by atoms with Gasteiger partial charge >= 0.3 is 0 Å². The minimum Gasteiger partial charge on any atom is -0.492 e. The molecule has 0 atom stereocenters. The van der Waals surface area contributed by atoms with Crippen LogP contribution in [0.15, 0.2) is 85.2 Å². The monoisotopic (exact) mass is 736 g/mol. The zero-order valence-corrected chi connectivity index (χ0v) is 34.1. The minimum absolute atomic E-state index is 0.722. The summed E-state index contributed by atoms with van der Waals surface area (Å²) in [5.41, 5.74) is 6.61. The maximum Gasteiger partial charge on any atom is 0.137 e. The molecule has 2 aliphatic rings. The summed E-state index contributed by atoms with van der Waals surface area (Å²) in [7, 11) is 0. The minimum atomic E-state index is 0.722. The van der Waals surface area contributed by atoms with E-state index in [-0.39, 0.29) is 0 Å². The molecule has 0 unspecified atom stereocenters. The second-order valence-corrected chi connectivity index (χ2v) is 15.6. The lowest BCUT2D eigenvalue weighted by Gasteiger charge is -2.28. The van der Waals surface area contributed by atoms with E-state index in [4.69, 9.17) is 9.47 Å². The molecule has 2 fully saturated rings. The van der Waals surface area contributed by atoms with Crippen molar-refractivity contribution in [2.24, 2.45) is 11.8 Å². The van der Waals surface area contributed by atoms with Crippen molar-refractivity contribution in [3.05, 3.63) is 119 Å². The van der Waals surface area contributed by atoms with E-state index < -0.39 is 0 Å². The number of aromatic nitrogens is 2. The van der Waals surface area contributed by atoms with Crippen LogP contribution in [0.4, 0.5) is 0 Å². The molecule has 2 aromatic carbocycles. The Morgan fingerprint density at radius 1 is 0.473 bits per heavy atom. The molecule has 0 spiro atoms. The molecule has 0 radical (unpaired) electrons. The third-order valence-electron chi connectivity index (χ3n) is 11.2. The van der Waals surface area contributed by atoms with Crippen LogP contribution in [-0.2, 0) is 0 Å². The molecule has 2 aromatic heterocycles. The Hall–Kier alpha value is -4.54. The fraction of sp³-hybridized carbons (Fsp3) is 0.490. The van der Waals surface area contributed by atoms with Gasteiger partial charge in [0, 0.05) is 11.1 Å². The van der Waals surface area contributed by atoms with Gasteiger partial charge in [0.05, 0.1) is 25.6 Å². The first-order valence-corrected chi connectivity index (χ1v) is 21.5. The van der Waals surface area contributed by atoms with E-state index in [1.165, 1.54) is 88.2 Å². The van der Waals surface area contributed by atoms with Crippen LogP contribution in [0.2, 0.25) is 0 Å². The third kappa shape index (κ3) is 14.2. The lowest BCUT2D eigenvalue weighted by atomic mass is 9.77. The van der Waals surface area contributed by atoms with Gasteiger partial charge in [-0.1, -0.05) is 95.9 Å². The van der Waals surface area contributed by atoms with Gasteiger partial charge in [-0.2, -0.15) is 0 Å². The van der Waals surface area contributed by atoms with Gasteiger partial charge < -0.3 is 9.47 Å². The molecule has 4 heteroatoms. The maximum absolute atomic E-state index is 5.64. The van der Waals surface area contributed by atoms with Crippen LogP contribution >= 0.6 is 0 Å². The fourth-order valence-electron chi connectivity index (χ4n) is 7.97. The second-order valence-electron chi connectivity index (χ2n) is 15.6. The van der Waals surface area contributed by atoms with E-state index in [1.54, 1.807) is 12.4 Å². The summed E-state index contributed by atoms with van der Waals surface area (Å²) in [4.78, 5) is 8.75. The van der Waals surface area contributed by atoms with Gasteiger partial charge in [-0.15, -0.1) is 0 Å². The zero-order chi connectivity index (χ0) is 38.5. The van der Waals surface area contributed by atoms with Gasteiger partial charge in [0.1, 0.15) is 22.9 Å². The lowest BCUT2D eigenvalue weighted by molar-refractivity contribution is 0.308. The van der Waals surface area contributed by atoms with Crippen LogP contribution in [0.1, 0.15) is 169 Å². The SMILES string of the molecule is CCCCOc1ccc(C#Cc2ccc(C3CCC(CCC)CC3)cc2)nc1.CCCOc1ccc(C#Cc2ccc(C3CCC(CCC)CC3)cc2)nc1. The van der Waals surface area contributed by atoms with Gasteiger partial charge in [-0.3, -0.25) is 0 Å². The highest BCUT2D eigenvalue weighted by atomic mass is 16.5. The quantitative estimate of drug-likeness (QED) is 0.101. The molecule has 2 saturated carbocycles. The number of benzene rings is 2. The molecule has 0 N–H and O–H groups in total. The van der Waals surface area contributed by atoms with E-state index in [1.807, 2.05) is 24.3 Å². The predicted octanol–water partition coefficient (Wildman–Crippen LogP) is 13.1. The molecule has 0 saturated heterocycles. The van der Waals surface area contributed by atoms with Crippen molar-refractivity contribution in [2.75, 3.05) is 13.2 Å². The first-order chi connectivity index (χ1) is 27.1. The van der Waals surface area contributed by atoms with E-state index in [0.29, 0.717) is 0 Å². The molecule has 4 nitrogen and oxygen atoms in total. The summed E-state index contributed by atoms with van der Waals surface area (Å²) < 4.78 is 11.2. The highest BCUT2D eigenvalue weighted by molar-refractivity contribution is 5.43. The zero-order valence-electron chi connectivity index (χ0n) is 34.1. The first-order valence-electron chi connectivity index (χ1n) is 21.5. The molecule has 2 aliphatic carbocycles. The molecule has 0 amide bonds. The van der Waals surface area contributed by atoms with E-state index in [2.05, 4.69) is 110 Å². The van der Waals surface area contributed by atoms with Crippen molar-refractivity contribution < 1.29 is 9.47 Å². The average Bonchev–Trinajstić information content (AvgIpc) is 3.24. The highest BCUT2D eigenvalue weighted by Crippen LogP contribution is 2.38. The van der Waals surface area contributed by atoms with Crippen LogP contribution in [0, 0.1) is 35.5 Å². The van der Waals surface area contributed by atoms with Gasteiger partial charge in [0.15, 0.2) is 0 Å². The van der Waals surface area contributed by atoms with Gasteiger partial charge in [-0.25, -0.2) is 9.97 Å². The number of hydrogen-bond donors (Lipinski definition) is 0. The Morgan fingerprint density at radius 3 is 1.27 bits per heavy atom. The van der Waals surface area contributed by atoms with Crippen molar-refractivity contribution in [3.63, 3.8) is 0 Å². The highest BCUT2D eigenvalue weighted by Gasteiger charge is 2.22. The van der Waals surface area contributed by atoms with Gasteiger partial charge in [0.2, 0.25) is 0 Å². The number of rotatable bonds is 13. The number of pyridine rings is 2. The van der Waals surface area contributed by atoms with E-state index in [0.717, 1.165) is 90.2 Å². The van der Waals surface area contributed by atoms with Crippen molar-refractivity contribution in [2.45, 2.75) is 136 Å². The summed E-state index contributed by atoms with van der Waals surface area (Å²) >= 11 is 0. The number of nitrogens with zero attached hydrogens (tertiary/aromatic N) is 2. The normalized spacial score (nSPS) is 19.1. The predicted molar refractivity (Wildman–Crippen MR) is 229 cm³/mol. The Balaban J connectivity index is 0.000000211. The van der Waals surface area contributed by atoms with Crippen LogP contribution in [0.3, 0.4) is 0 Å². The standard InChI is InChI=1S/C26H33NO.C25H31NO/c1-3-5-19-28-26-18-17-25(27-20-26)16-11-22-9-14-24(15-10-22)23-12-7-21(6-4-2)8-13-23;1-3-5-20-6-11-22(12-7-20)23-13-8-21(9-14-23)10-15-24-16-17-25(19-26-24)27-18-4-2/h9-10,14-15,17-18,20-21,23H,3-8,12-13,19H2,1-2H3;8-9,13-14,16-17,19-20,22H,3-7,11-12,18H2,1-2H3. The van der Waals surface area contributed by atoms with Crippen LogP contribution in [-0.4, -0.2) is 23.2 Å². The molecular weight excluding hydrogens is 673 g/mol. The van der Waals surface area contributed by atoms with Crippen LogP contribution in [0.5, 0.6) is 11.5 Å². The number of ether oxygens (including phenoxy) is 2. The molecular formula is C51H64N2O2. The molecule has 0 aliphatic heterocycles. The van der Waals surface area contributed by atoms with Crippen molar-refractivity contribution in [1.82, 2.24) is 9.97 Å². The Morgan fingerprint density at radius 2 is 0.909 bits per heavy atom. The third-order valence-corrected chi connectivity index (χ3v) is 11.2. The Labute approximate surface area is 333 Å². The first kappa shape index (κ1) is 41.6. The van der Waals surface area contributed by atoms with Crippen LogP contribution in [0.25, 0.3) is 0 Å². The number of hydrogen-bond acceptors (Lipinski definition) is 4. The van der Waals surface area contributed by atoms with E-state index >= 15 is 0 Å². The van der Waals surface area contributed by atoms with Crippen molar-refractivity contribution in [1.29, 1.82) is 0 Å².